The molecule has 3 aromatic rings. The summed E-state index contributed by atoms with van der Waals surface area (Å²) in [5, 5.41) is 3.91. The first-order chi connectivity index (χ1) is 10.2. The molecule has 0 atom stereocenters. The molecule has 0 radical (unpaired) electrons. The Morgan fingerprint density at radius 2 is 1.95 bits per heavy atom. The number of para-hydroxylation sites is 1. The zero-order valence-corrected chi connectivity index (χ0v) is 11.6. The highest BCUT2D eigenvalue weighted by atomic mass is 16.5. The van der Waals surface area contributed by atoms with Crippen LogP contribution in [0.15, 0.2) is 53.1 Å². The normalized spacial score (nSPS) is 10.5. The number of aryl methyl sites for hydroxylation is 1. The van der Waals surface area contributed by atoms with Gasteiger partial charge in [-0.3, -0.25) is 0 Å². The molecule has 0 aliphatic rings. The van der Waals surface area contributed by atoms with Gasteiger partial charge in [0.2, 0.25) is 5.82 Å². The van der Waals surface area contributed by atoms with Crippen molar-refractivity contribution in [3.05, 3.63) is 59.9 Å². The van der Waals surface area contributed by atoms with Crippen LogP contribution in [0.2, 0.25) is 0 Å². The summed E-state index contributed by atoms with van der Waals surface area (Å²) >= 11 is 0. The van der Waals surface area contributed by atoms with E-state index in [4.69, 9.17) is 15.0 Å². The molecule has 0 unspecified atom stereocenters. The van der Waals surface area contributed by atoms with Crippen LogP contribution in [0.1, 0.15) is 11.4 Å². The topological polar surface area (TPSA) is 74.2 Å². The molecule has 0 aliphatic heterocycles. The van der Waals surface area contributed by atoms with E-state index in [1.165, 1.54) is 0 Å². The molecule has 0 bridgehead atoms. The predicted octanol–water partition coefficient (Wildman–Crippen LogP) is 3.21. The van der Waals surface area contributed by atoms with Gasteiger partial charge < -0.3 is 15.0 Å². The van der Waals surface area contributed by atoms with E-state index >= 15 is 0 Å². The molecule has 0 amide bonds. The Labute approximate surface area is 122 Å². The van der Waals surface area contributed by atoms with E-state index in [0.717, 1.165) is 16.9 Å². The maximum Gasteiger partial charge on any atom is 0.258 e. The Hall–Kier alpha value is -2.82. The number of nitrogen functional groups attached to an aromatic ring is 1. The third-order valence-electron chi connectivity index (χ3n) is 3.11. The summed E-state index contributed by atoms with van der Waals surface area (Å²) in [7, 11) is 0. The number of nitrogens with two attached hydrogens (primary N) is 1. The molecule has 2 N–H and O–H groups in total. The molecule has 5 nitrogen and oxygen atoms in total. The van der Waals surface area contributed by atoms with Crippen molar-refractivity contribution in [1.82, 2.24) is 10.1 Å². The lowest BCUT2D eigenvalue weighted by atomic mass is 10.1. The van der Waals surface area contributed by atoms with Gasteiger partial charge in [0.1, 0.15) is 5.75 Å². The number of nitrogens with zero attached hydrogens (tertiary/aromatic N) is 2. The highest BCUT2D eigenvalue weighted by Crippen LogP contribution is 2.22. The average molecular weight is 281 g/mol. The smallest absolute Gasteiger partial charge is 0.258 e. The molecule has 1 aromatic heterocycles. The van der Waals surface area contributed by atoms with Crippen LogP contribution in [0, 0.1) is 6.92 Å². The summed E-state index contributed by atoms with van der Waals surface area (Å²) in [6, 6.07) is 15.2. The predicted molar refractivity (Wildman–Crippen MR) is 79.7 cm³/mol. The highest BCUT2D eigenvalue weighted by molar-refractivity contribution is 5.62. The third-order valence-corrected chi connectivity index (χ3v) is 3.11. The largest absolute Gasteiger partial charge is 0.485 e. The zero-order chi connectivity index (χ0) is 14.7. The standard InChI is InChI=1S/C16H15N3O2/c1-11-7-8-12(9-14(11)17)16-18-15(19-21-16)10-20-13-5-3-2-4-6-13/h2-9H,10,17H2,1H3. The molecule has 3 rings (SSSR count). The fourth-order valence-electron chi connectivity index (χ4n) is 1.87. The molecular weight excluding hydrogens is 266 g/mol. The van der Waals surface area contributed by atoms with Crippen molar-refractivity contribution in [2.45, 2.75) is 13.5 Å². The van der Waals surface area contributed by atoms with Crippen LogP contribution in [0.5, 0.6) is 5.75 Å². The molecule has 1 heterocycles. The minimum Gasteiger partial charge on any atom is -0.485 e. The first-order valence-electron chi connectivity index (χ1n) is 6.59. The van der Waals surface area contributed by atoms with Crippen molar-refractivity contribution in [1.29, 1.82) is 0 Å². The molecule has 21 heavy (non-hydrogen) atoms. The van der Waals surface area contributed by atoms with Gasteiger partial charge in [-0.05, 0) is 36.8 Å². The molecule has 0 spiro atoms. The highest BCUT2D eigenvalue weighted by Gasteiger charge is 2.10. The Morgan fingerprint density at radius 1 is 1.14 bits per heavy atom. The lowest BCUT2D eigenvalue weighted by molar-refractivity contribution is 0.287. The lowest BCUT2D eigenvalue weighted by Crippen LogP contribution is -1.97. The van der Waals surface area contributed by atoms with Gasteiger partial charge in [0.25, 0.3) is 5.89 Å². The number of ether oxygens (including phenoxy) is 1. The Kier molecular flexibility index (Phi) is 3.55. The number of hydrogen-bond donors (Lipinski definition) is 1. The Morgan fingerprint density at radius 3 is 2.71 bits per heavy atom. The van der Waals surface area contributed by atoms with Crippen molar-refractivity contribution >= 4 is 5.69 Å². The molecular formula is C16H15N3O2. The SMILES string of the molecule is Cc1ccc(-c2nc(COc3ccccc3)no2)cc1N. The van der Waals surface area contributed by atoms with E-state index in [-0.39, 0.29) is 6.61 Å². The number of rotatable bonds is 4. The van der Waals surface area contributed by atoms with Gasteiger partial charge in [-0.25, -0.2) is 0 Å². The Bertz CT molecular complexity index is 738. The van der Waals surface area contributed by atoms with Crippen LogP contribution < -0.4 is 10.5 Å². The first kappa shape index (κ1) is 13.2. The van der Waals surface area contributed by atoms with E-state index < -0.39 is 0 Å². The monoisotopic (exact) mass is 281 g/mol. The number of anilines is 1. The van der Waals surface area contributed by atoms with E-state index in [2.05, 4.69) is 10.1 Å². The summed E-state index contributed by atoms with van der Waals surface area (Å²) in [6.07, 6.45) is 0. The summed E-state index contributed by atoms with van der Waals surface area (Å²) in [6.45, 7) is 2.21. The van der Waals surface area contributed by atoms with Gasteiger partial charge >= 0.3 is 0 Å². The van der Waals surface area contributed by atoms with E-state index in [0.29, 0.717) is 17.4 Å². The molecule has 5 heteroatoms. The summed E-state index contributed by atoms with van der Waals surface area (Å²) in [4.78, 5) is 4.31. The summed E-state index contributed by atoms with van der Waals surface area (Å²) in [5.41, 5.74) is 8.41. The van der Waals surface area contributed by atoms with Crippen LogP contribution in [0.25, 0.3) is 11.5 Å². The number of benzene rings is 2. The van der Waals surface area contributed by atoms with Crippen molar-refractivity contribution in [2.75, 3.05) is 5.73 Å². The van der Waals surface area contributed by atoms with Crippen molar-refractivity contribution in [3.8, 4) is 17.2 Å². The van der Waals surface area contributed by atoms with Crippen LogP contribution >= 0.6 is 0 Å². The van der Waals surface area contributed by atoms with Crippen LogP contribution in [-0.4, -0.2) is 10.1 Å². The summed E-state index contributed by atoms with van der Waals surface area (Å²) in [5.74, 6) is 1.70. The fraction of sp³-hybridized carbons (Fsp3) is 0.125. The van der Waals surface area contributed by atoms with Gasteiger partial charge in [0.05, 0.1) is 0 Å². The van der Waals surface area contributed by atoms with E-state index in [1.807, 2.05) is 55.5 Å². The molecule has 0 fully saturated rings. The van der Waals surface area contributed by atoms with Crippen LogP contribution in [-0.2, 0) is 6.61 Å². The number of hydrogen-bond acceptors (Lipinski definition) is 5. The lowest BCUT2D eigenvalue weighted by Gasteiger charge is -2.01. The second kappa shape index (κ2) is 5.66. The fourth-order valence-corrected chi connectivity index (χ4v) is 1.87. The summed E-state index contributed by atoms with van der Waals surface area (Å²) < 4.78 is 10.8. The van der Waals surface area contributed by atoms with Crippen LogP contribution in [0.4, 0.5) is 5.69 Å². The maximum absolute atomic E-state index is 5.88. The van der Waals surface area contributed by atoms with Gasteiger partial charge in [0.15, 0.2) is 6.61 Å². The minimum atomic E-state index is 0.259. The van der Waals surface area contributed by atoms with Gasteiger partial charge in [-0.2, -0.15) is 4.98 Å². The second-order valence-electron chi connectivity index (χ2n) is 4.69. The number of aromatic nitrogens is 2. The van der Waals surface area contributed by atoms with Gasteiger partial charge in [0, 0.05) is 11.3 Å². The van der Waals surface area contributed by atoms with Crippen molar-refractivity contribution in [3.63, 3.8) is 0 Å². The van der Waals surface area contributed by atoms with Gasteiger partial charge in [-0.15, -0.1) is 0 Å². The van der Waals surface area contributed by atoms with E-state index in [9.17, 15) is 0 Å². The average Bonchev–Trinajstić information content (AvgIpc) is 2.98. The quantitative estimate of drug-likeness (QED) is 0.743. The molecule has 0 saturated carbocycles. The van der Waals surface area contributed by atoms with Crippen LogP contribution in [0.3, 0.4) is 0 Å². The maximum atomic E-state index is 5.88. The zero-order valence-electron chi connectivity index (χ0n) is 11.6. The van der Waals surface area contributed by atoms with Gasteiger partial charge in [-0.1, -0.05) is 29.4 Å². The molecule has 0 saturated heterocycles. The van der Waals surface area contributed by atoms with Crippen molar-refractivity contribution in [2.24, 2.45) is 0 Å². The molecule has 0 aliphatic carbocycles. The Balaban J connectivity index is 1.72. The molecule has 2 aromatic carbocycles. The molecule has 106 valence electrons. The second-order valence-corrected chi connectivity index (χ2v) is 4.69. The van der Waals surface area contributed by atoms with E-state index in [1.54, 1.807) is 0 Å². The first-order valence-corrected chi connectivity index (χ1v) is 6.59. The van der Waals surface area contributed by atoms with Crippen molar-refractivity contribution < 1.29 is 9.26 Å². The third kappa shape index (κ3) is 3.02. The minimum absolute atomic E-state index is 0.259.